The number of likely N-dealkylation sites (N-methyl/N-ethyl adjacent to an activating group) is 1. The molecule has 0 spiro atoms. The van der Waals surface area contributed by atoms with E-state index in [1.165, 1.54) is 6.07 Å². The van der Waals surface area contributed by atoms with Gasteiger partial charge < -0.3 is 5.73 Å². The van der Waals surface area contributed by atoms with Crippen molar-refractivity contribution < 1.29 is 4.39 Å². The second-order valence-electron chi connectivity index (χ2n) is 5.08. The molecule has 0 bridgehead atoms. The van der Waals surface area contributed by atoms with Crippen LogP contribution in [0.1, 0.15) is 32.3 Å². The van der Waals surface area contributed by atoms with Crippen LogP contribution < -0.4 is 5.73 Å². The van der Waals surface area contributed by atoms with Crippen molar-refractivity contribution in [3.8, 4) is 0 Å². The van der Waals surface area contributed by atoms with Gasteiger partial charge in [0.2, 0.25) is 0 Å². The van der Waals surface area contributed by atoms with Crippen LogP contribution in [0.4, 0.5) is 4.39 Å². The molecule has 0 aliphatic carbocycles. The van der Waals surface area contributed by atoms with Crippen LogP contribution in [0.2, 0.25) is 0 Å². The fourth-order valence-corrected chi connectivity index (χ4v) is 2.51. The molecule has 1 rings (SSSR count). The second kappa shape index (κ2) is 7.49. The predicted octanol–water partition coefficient (Wildman–Crippen LogP) is 3.02. The topological polar surface area (TPSA) is 29.3 Å². The third-order valence-electron chi connectivity index (χ3n) is 3.59. The van der Waals surface area contributed by atoms with Crippen LogP contribution in [0, 0.1) is 11.7 Å². The van der Waals surface area contributed by atoms with E-state index in [9.17, 15) is 4.39 Å². The first-order valence-corrected chi connectivity index (χ1v) is 6.73. The molecule has 0 radical (unpaired) electrons. The molecule has 0 fully saturated rings. The van der Waals surface area contributed by atoms with E-state index < -0.39 is 0 Å². The van der Waals surface area contributed by atoms with Crippen LogP contribution in [0.15, 0.2) is 24.3 Å². The monoisotopic (exact) mass is 252 g/mol. The summed E-state index contributed by atoms with van der Waals surface area (Å²) in [6, 6.07) is 7.25. The van der Waals surface area contributed by atoms with Crippen LogP contribution in [0.3, 0.4) is 0 Å². The van der Waals surface area contributed by atoms with Gasteiger partial charge in [0.15, 0.2) is 0 Å². The molecule has 0 aliphatic rings. The standard InChI is InChI=1S/C15H25FN2/c1-4-7-12(2)15(10-17)18(3)11-13-8-5-6-9-14(13)16/h5-6,8-9,12,15H,4,7,10-11,17H2,1-3H3. The van der Waals surface area contributed by atoms with Gasteiger partial charge in [0.25, 0.3) is 0 Å². The fourth-order valence-electron chi connectivity index (χ4n) is 2.51. The Kier molecular flexibility index (Phi) is 6.30. The molecule has 2 unspecified atom stereocenters. The summed E-state index contributed by atoms with van der Waals surface area (Å²) in [7, 11) is 2.02. The first-order valence-electron chi connectivity index (χ1n) is 6.73. The number of nitrogens with zero attached hydrogens (tertiary/aromatic N) is 1. The van der Waals surface area contributed by atoms with E-state index in [-0.39, 0.29) is 5.82 Å². The molecule has 1 aromatic carbocycles. The lowest BCUT2D eigenvalue weighted by atomic mass is 9.95. The lowest BCUT2D eigenvalue weighted by molar-refractivity contribution is 0.173. The minimum atomic E-state index is -0.136. The minimum Gasteiger partial charge on any atom is -0.329 e. The van der Waals surface area contributed by atoms with E-state index in [4.69, 9.17) is 5.73 Å². The van der Waals surface area contributed by atoms with Gasteiger partial charge in [-0.2, -0.15) is 0 Å². The van der Waals surface area contributed by atoms with Crippen LogP contribution in [-0.2, 0) is 6.54 Å². The van der Waals surface area contributed by atoms with E-state index >= 15 is 0 Å². The van der Waals surface area contributed by atoms with Crippen molar-refractivity contribution in [1.29, 1.82) is 0 Å². The maximum Gasteiger partial charge on any atom is 0.127 e. The number of benzene rings is 1. The summed E-state index contributed by atoms with van der Waals surface area (Å²) in [6.07, 6.45) is 2.31. The lowest BCUT2D eigenvalue weighted by Crippen LogP contribution is -2.42. The van der Waals surface area contributed by atoms with Gasteiger partial charge in [-0.05, 0) is 25.5 Å². The highest BCUT2D eigenvalue weighted by Gasteiger charge is 2.20. The maximum absolute atomic E-state index is 13.6. The van der Waals surface area contributed by atoms with Gasteiger partial charge in [-0.3, -0.25) is 4.90 Å². The van der Waals surface area contributed by atoms with E-state index in [1.807, 2.05) is 19.2 Å². The van der Waals surface area contributed by atoms with E-state index in [2.05, 4.69) is 18.7 Å². The molecule has 0 saturated heterocycles. The van der Waals surface area contributed by atoms with E-state index in [0.717, 1.165) is 18.4 Å². The molecule has 0 aliphatic heterocycles. The molecular weight excluding hydrogens is 227 g/mol. The Hall–Kier alpha value is -0.930. The Bertz CT molecular complexity index is 354. The molecular formula is C15H25FN2. The highest BCUT2D eigenvalue weighted by molar-refractivity contribution is 5.17. The Balaban J connectivity index is 2.68. The Morgan fingerprint density at radius 3 is 2.56 bits per heavy atom. The van der Waals surface area contributed by atoms with Gasteiger partial charge in [0.05, 0.1) is 0 Å². The molecule has 2 atom stereocenters. The summed E-state index contributed by atoms with van der Waals surface area (Å²) in [4.78, 5) is 2.17. The summed E-state index contributed by atoms with van der Waals surface area (Å²) in [5, 5.41) is 0. The quantitative estimate of drug-likeness (QED) is 0.808. The van der Waals surface area contributed by atoms with Crippen molar-refractivity contribution >= 4 is 0 Å². The highest BCUT2D eigenvalue weighted by Crippen LogP contribution is 2.18. The van der Waals surface area contributed by atoms with Crippen molar-refractivity contribution in [2.75, 3.05) is 13.6 Å². The van der Waals surface area contributed by atoms with Crippen LogP contribution in [0.5, 0.6) is 0 Å². The molecule has 0 aromatic heterocycles. The fraction of sp³-hybridized carbons (Fsp3) is 0.600. The van der Waals surface area contributed by atoms with Crippen molar-refractivity contribution in [3.05, 3.63) is 35.6 Å². The van der Waals surface area contributed by atoms with Crippen molar-refractivity contribution in [1.82, 2.24) is 4.90 Å². The highest BCUT2D eigenvalue weighted by atomic mass is 19.1. The Morgan fingerprint density at radius 2 is 2.00 bits per heavy atom. The molecule has 0 amide bonds. The largest absolute Gasteiger partial charge is 0.329 e. The summed E-state index contributed by atoms with van der Waals surface area (Å²) in [5.74, 6) is 0.403. The molecule has 2 N–H and O–H groups in total. The summed E-state index contributed by atoms with van der Waals surface area (Å²) in [6.45, 7) is 5.63. The normalized spacial score (nSPS) is 14.8. The van der Waals surface area contributed by atoms with Crippen molar-refractivity contribution in [3.63, 3.8) is 0 Å². The van der Waals surface area contributed by atoms with Gasteiger partial charge >= 0.3 is 0 Å². The number of hydrogen-bond donors (Lipinski definition) is 1. The van der Waals surface area contributed by atoms with Crippen LogP contribution >= 0.6 is 0 Å². The number of nitrogens with two attached hydrogens (primary N) is 1. The zero-order valence-electron chi connectivity index (χ0n) is 11.7. The third-order valence-corrected chi connectivity index (χ3v) is 3.59. The first-order chi connectivity index (χ1) is 8.60. The predicted molar refractivity (Wildman–Crippen MR) is 74.8 cm³/mol. The van der Waals surface area contributed by atoms with E-state index in [1.54, 1.807) is 6.07 Å². The number of rotatable bonds is 7. The number of hydrogen-bond acceptors (Lipinski definition) is 2. The Morgan fingerprint density at radius 1 is 1.33 bits per heavy atom. The molecule has 0 saturated carbocycles. The molecule has 18 heavy (non-hydrogen) atoms. The smallest absolute Gasteiger partial charge is 0.127 e. The molecule has 3 heteroatoms. The first kappa shape index (κ1) is 15.1. The second-order valence-corrected chi connectivity index (χ2v) is 5.08. The Labute approximate surface area is 110 Å². The maximum atomic E-state index is 13.6. The summed E-state index contributed by atoms with van der Waals surface area (Å²) in [5.41, 5.74) is 6.60. The average molecular weight is 252 g/mol. The minimum absolute atomic E-state index is 0.136. The SMILES string of the molecule is CCCC(C)C(CN)N(C)Cc1ccccc1F. The number of halogens is 1. The molecule has 1 aromatic rings. The summed E-state index contributed by atoms with van der Waals surface area (Å²) >= 11 is 0. The third kappa shape index (κ3) is 4.07. The average Bonchev–Trinajstić information content (AvgIpc) is 2.33. The lowest BCUT2D eigenvalue weighted by Gasteiger charge is -2.32. The summed E-state index contributed by atoms with van der Waals surface area (Å²) < 4.78 is 13.6. The van der Waals surface area contributed by atoms with Crippen LogP contribution in [0.25, 0.3) is 0 Å². The van der Waals surface area contributed by atoms with Gasteiger partial charge in [-0.25, -0.2) is 4.39 Å². The van der Waals surface area contributed by atoms with Gasteiger partial charge in [-0.1, -0.05) is 38.5 Å². The molecule has 102 valence electrons. The zero-order valence-corrected chi connectivity index (χ0v) is 11.7. The molecule has 2 nitrogen and oxygen atoms in total. The van der Waals surface area contributed by atoms with Crippen molar-refractivity contribution in [2.24, 2.45) is 11.7 Å². The van der Waals surface area contributed by atoms with Gasteiger partial charge in [0, 0.05) is 24.7 Å². The molecule has 0 heterocycles. The van der Waals surface area contributed by atoms with Gasteiger partial charge in [0.1, 0.15) is 5.82 Å². The zero-order chi connectivity index (χ0) is 13.5. The van der Waals surface area contributed by atoms with Crippen molar-refractivity contribution in [2.45, 2.75) is 39.3 Å². The van der Waals surface area contributed by atoms with E-state index in [0.29, 0.717) is 25.0 Å². The van der Waals surface area contributed by atoms with Gasteiger partial charge in [-0.15, -0.1) is 0 Å². The van der Waals surface area contributed by atoms with Crippen LogP contribution in [-0.4, -0.2) is 24.5 Å².